The van der Waals surface area contributed by atoms with Gasteiger partial charge in [-0.2, -0.15) is 0 Å². The highest BCUT2D eigenvalue weighted by molar-refractivity contribution is 6.10. The lowest BCUT2D eigenvalue weighted by Gasteiger charge is -2.13. The smallest absolute Gasteiger partial charge is 0.258 e. The number of halogens is 1. The van der Waals surface area contributed by atoms with Crippen molar-refractivity contribution in [2.75, 3.05) is 10.6 Å². The summed E-state index contributed by atoms with van der Waals surface area (Å²) in [5, 5.41) is 8.44. The molecule has 0 aliphatic heterocycles. The standard InChI is InChI=1S/C23H22FN5O2/c1-15-5-6-18(12-21(15)27-16(2)30)22(31)29-23(26-14-17-4-3-11-25-13-17)28-20-9-7-19(24)8-10-20/h3-13H,14H2,1-2H3,(H,27,30)(H2,26,28,29,31). The van der Waals surface area contributed by atoms with Gasteiger partial charge in [0.15, 0.2) is 0 Å². The highest BCUT2D eigenvalue weighted by atomic mass is 19.1. The van der Waals surface area contributed by atoms with Crippen LogP contribution in [0, 0.1) is 12.7 Å². The molecule has 0 unspecified atom stereocenters. The van der Waals surface area contributed by atoms with Crippen molar-refractivity contribution < 1.29 is 14.0 Å². The first-order chi connectivity index (χ1) is 14.9. The SMILES string of the molecule is CC(=O)Nc1cc(C(=O)NC(=NCc2cccnc2)Nc2ccc(F)cc2)ccc1C. The Hall–Kier alpha value is -4.07. The Balaban J connectivity index is 1.82. The lowest BCUT2D eigenvalue weighted by Crippen LogP contribution is -2.36. The second-order valence-electron chi connectivity index (χ2n) is 6.82. The molecule has 7 nitrogen and oxygen atoms in total. The summed E-state index contributed by atoms with van der Waals surface area (Å²) in [6.45, 7) is 3.52. The van der Waals surface area contributed by atoms with Crippen molar-refractivity contribution in [2.45, 2.75) is 20.4 Å². The number of pyridine rings is 1. The zero-order chi connectivity index (χ0) is 22.2. The predicted octanol–water partition coefficient (Wildman–Crippen LogP) is 3.89. The van der Waals surface area contributed by atoms with Gasteiger partial charge in [-0.05, 0) is 60.5 Å². The molecule has 158 valence electrons. The minimum Gasteiger partial charge on any atom is -0.326 e. The van der Waals surface area contributed by atoms with E-state index in [0.717, 1.165) is 11.1 Å². The molecule has 0 fully saturated rings. The van der Waals surface area contributed by atoms with Crippen LogP contribution in [-0.4, -0.2) is 22.8 Å². The van der Waals surface area contributed by atoms with E-state index in [-0.39, 0.29) is 24.2 Å². The molecule has 8 heteroatoms. The van der Waals surface area contributed by atoms with E-state index in [0.29, 0.717) is 16.9 Å². The maximum absolute atomic E-state index is 13.2. The van der Waals surface area contributed by atoms with Gasteiger partial charge < -0.3 is 10.6 Å². The molecule has 3 aromatic rings. The third kappa shape index (κ3) is 6.46. The van der Waals surface area contributed by atoms with Gasteiger partial charge >= 0.3 is 0 Å². The minimum absolute atomic E-state index is 0.196. The molecule has 1 aromatic heterocycles. The quantitative estimate of drug-likeness (QED) is 0.432. The van der Waals surface area contributed by atoms with Crippen LogP contribution >= 0.6 is 0 Å². The average Bonchev–Trinajstić information content (AvgIpc) is 2.75. The van der Waals surface area contributed by atoms with Crippen molar-refractivity contribution in [3.05, 3.63) is 89.5 Å². The summed E-state index contributed by atoms with van der Waals surface area (Å²) in [6, 6.07) is 14.4. The van der Waals surface area contributed by atoms with E-state index in [1.165, 1.54) is 19.1 Å². The average molecular weight is 419 g/mol. The number of amides is 2. The van der Waals surface area contributed by atoms with E-state index in [9.17, 15) is 14.0 Å². The summed E-state index contributed by atoms with van der Waals surface area (Å²) in [6.07, 6.45) is 3.34. The fourth-order valence-corrected chi connectivity index (χ4v) is 2.71. The number of nitrogens with one attached hydrogen (secondary N) is 3. The van der Waals surface area contributed by atoms with Gasteiger partial charge in [0.25, 0.3) is 5.91 Å². The maximum Gasteiger partial charge on any atom is 0.258 e. The molecule has 0 radical (unpaired) electrons. The molecule has 3 rings (SSSR count). The van der Waals surface area contributed by atoms with Crippen LogP contribution < -0.4 is 16.0 Å². The largest absolute Gasteiger partial charge is 0.326 e. The monoisotopic (exact) mass is 419 g/mol. The Labute approximate surface area is 179 Å². The molecule has 2 aromatic carbocycles. The first-order valence-corrected chi connectivity index (χ1v) is 9.56. The maximum atomic E-state index is 13.2. The topological polar surface area (TPSA) is 95.5 Å². The molecule has 0 spiro atoms. The zero-order valence-electron chi connectivity index (χ0n) is 17.1. The van der Waals surface area contributed by atoms with Crippen LogP contribution in [0.5, 0.6) is 0 Å². The third-order valence-electron chi connectivity index (χ3n) is 4.29. The van der Waals surface area contributed by atoms with Crippen LogP contribution in [0.25, 0.3) is 0 Å². The van der Waals surface area contributed by atoms with Gasteiger partial charge in [0, 0.05) is 36.3 Å². The number of rotatable bonds is 5. The fourth-order valence-electron chi connectivity index (χ4n) is 2.71. The second kappa shape index (κ2) is 10.1. The molecular formula is C23H22FN5O2. The summed E-state index contributed by atoms with van der Waals surface area (Å²) in [7, 11) is 0. The number of nitrogens with zero attached hydrogens (tertiary/aromatic N) is 2. The van der Waals surface area contributed by atoms with Crippen LogP contribution in [0.15, 0.2) is 72.0 Å². The number of guanidine groups is 1. The van der Waals surface area contributed by atoms with Crippen LogP contribution in [0.3, 0.4) is 0 Å². The molecule has 31 heavy (non-hydrogen) atoms. The van der Waals surface area contributed by atoms with Crippen molar-refractivity contribution >= 4 is 29.1 Å². The van der Waals surface area contributed by atoms with Gasteiger partial charge in [0.05, 0.1) is 6.54 Å². The molecule has 0 bridgehead atoms. The second-order valence-corrected chi connectivity index (χ2v) is 6.82. The normalized spacial score (nSPS) is 11.0. The highest BCUT2D eigenvalue weighted by Crippen LogP contribution is 2.17. The van der Waals surface area contributed by atoms with Gasteiger partial charge in [0.2, 0.25) is 11.9 Å². The molecular weight excluding hydrogens is 397 g/mol. The number of hydrogen-bond donors (Lipinski definition) is 3. The van der Waals surface area contributed by atoms with Gasteiger partial charge in [-0.15, -0.1) is 0 Å². The fraction of sp³-hybridized carbons (Fsp3) is 0.130. The van der Waals surface area contributed by atoms with Crippen LogP contribution in [0.4, 0.5) is 15.8 Å². The first kappa shape index (κ1) is 21.6. The Morgan fingerprint density at radius 2 is 1.84 bits per heavy atom. The minimum atomic E-state index is -0.411. The number of aliphatic imine (C=N–C) groups is 1. The number of anilines is 2. The van der Waals surface area contributed by atoms with Crippen LogP contribution in [0.1, 0.15) is 28.4 Å². The number of carbonyl (C=O) groups is 2. The molecule has 0 atom stereocenters. The van der Waals surface area contributed by atoms with Crippen molar-refractivity contribution in [1.82, 2.24) is 10.3 Å². The number of hydrogen-bond acceptors (Lipinski definition) is 4. The Morgan fingerprint density at radius 1 is 1.06 bits per heavy atom. The number of benzene rings is 2. The van der Waals surface area contributed by atoms with Crippen molar-refractivity contribution in [3.8, 4) is 0 Å². The molecule has 3 N–H and O–H groups in total. The van der Waals surface area contributed by atoms with E-state index in [1.807, 2.05) is 13.0 Å². The Bertz CT molecular complexity index is 1100. The van der Waals surface area contributed by atoms with Gasteiger partial charge in [0.1, 0.15) is 5.82 Å². The molecule has 0 saturated heterocycles. The Kier molecular flexibility index (Phi) is 7.05. The van der Waals surface area contributed by atoms with Crippen molar-refractivity contribution in [2.24, 2.45) is 4.99 Å². The number of aryl methyl sites for hydroxylation is 1. The highest BCUT2D eigenvalue weighted by Gasteiger charge is 2.12. The molecule has 0 aliphatic carbocycles. The van der Waals surface area contributed by atoms with E-state index in [4.69, 9.17) is 0 Å². The number of aromatic nitrogens is 1. The summed E-state index contributed by atoms with van der Waals surface area (Å²) in [4.78, 5) is 32.7. The first-order valence-electron chi connectivity index (χ1n) is 9.56. The van der Waals surface area contributed by atoms with E-state index >= 15 is 0 Å². The molecule has 1 heterocycles. The lowest BCUT2D eigenvalue weighted by molar-refractivity contribution is -0.114. The summed E-state index contributed by atoms with van der Waals surface area (Å²) < 4.78 is 13.2. The summed E-state index contributed by atoms with van der Waals surface area (Å²) in [5.41, 5.74) is 3.17. The van der Waals surface area contributed by atoms with Gasteiger partial charge in [-0.25, -0.2) is 9.38 Å². The predicted molar refractivity (Wildman–Crippen MR) is 118 cm³/mol. The summed E-state index contributed by atoms with van der Waals surface area (Å²) in [5.74, 6) is -0.806. The molecule has 0 aliphatic rings. The van der Waals surface area contributed by atoms with Crippen molar-refractivity contribution in [1.29, 1.82) is 0 Å². The molecule has 2 amide bonds. The van der Waals surface area contributed by atoms with E-state index < -0.39 is 5.91 Å². The lowest BCUT2D eigenvalue weighted by atomic mass is 10.1. The van der Waals surface area contributed by atoms with Crippen LogP contribution in [0.2, 0.25) is 0 Å². The third-order valence-corrected chi connectivity index (χ3v) is 4.29. The summed E-state index contributed by atoms with van der Waals surface area (Å²) >= 11 is 0. The van der Waals surface area contributed by atoms with Gasteiger partial charge in [-0.3, -0.25) is 19.9 Å². The molecule has 0 saturated carbocycles. The van der Waals surface area contributed by atoms with Gasteiger partial charge in [-0.1, -0.05) is 12.1 Å². The van der Waals surface area contributed by atoms with Crippen molar-refractivity contribution in [3.63, 3.8) is 0 Å². The number of carbonyl (C=O) groups excluding carboxylic acids is 2. The van der Waals surface area contributed by atoms with E-state index in [2.05, 4.69) is 25.9 Å². The van der Waals surface area contributed by atoms with E-state index in [1.54, 1.807) is 48.8 Å². The zero-order valence-corrected chi connectivity index (χ0v) is 17.1. The van der Waals surface area contributed by atoms with Crippen LogP contribution in [-0.2, 0) is 11.3 Å². The Morgan fingerprint density at radius 3 is 2.52 bits per heavy atom.